The topological polar surface area (TPSA) is 72.2 Å². The minimum absolute atomic E-state index is 0.102. The molecule has 6 heteroatoms. The van der Waals surface area contributed by atoms with Crippen LogP contribution in [0.1, 0.15) is 42.9 Å². The number of aryl methyl sites for hydroxylation is 1. The van der Waals surface area contributed by atoms with Crippen molar-refractivity contribution >= 4 is 9.84 Å². The highest BCUT2D eigenvalue weighted by Crippen LogP contribution is 2.36. The summed E-state index contributed by atoms with van der Waals surface area (Å²) in [6, 6.07) is 4.63. The Morgan fingerprint density at radius 3 is 2.62 bits per heavy atom. The average Bonchev–Trinajstić information content (AvgIpc) is 2.38. The minimum Gasteiger partial charge on any atom is -0.271 e. The van der Waals surface area contributed by atoms with E-state index < -0.39 is 9.84 Å². The van der Waals surface area contributed by atoms with E-state index in [9.17, 15) is 12.8 Å². The van der Waals surface area contributed by atoms with Crippen LogP contribution in [-0.4, -0.2) is 19.9 Å². The van der Waals surface area contributed by atoms with Crippen molar-refractivity contribution in [3.05, 3.63) is 35.1 Å². The lowest BCUT2D eigenvalue weighted by Crippen LogP contribution is -2.38. The molecule has 0 aliphatic heterocycles. The summed E-state index contributed by atoms with van der Waals surface area (Å²) >= 11 is 0. The number of hydrazine groups is 1. The monoisotopic (exact) mass is 314 g/mol. The van der Waals surface area contributed by atoms with E-state index in [4.69, 9.17) is 5.84 Å². The Morgan fingerprint density at radius 2 is 2.05 bits per heavy atom. The molecule has 21 heavy (non-hydrogen) atoms. The maximum atomic E-state index is 13.6. The normalized spacial score (nSPS) is 24.8. The molecule has 1 saturated carbocycles. The van der Waals surface area contributed by atoms with E-state index in [-0.39, 0.29) is 23.0 Å². The largest absolute Gasteiger partial charge is 0.271 e. The van der Waals surface area contributed by atoms with E-state index in [1.165, 1.54) is 18.4 Å². The number of benzene rings is 1. The van der Waals surface area contributed by atoms with Gasteiger partial charge in [0.1, 0.15) is 15.7 Å². The minimum atomic E-state index is -3.04. The number of halogens is 1. The van der Waals surface area contributed by atoms with Gasteiger partial charge < -0.3 is 0 Å². The Kier molecular flexibility index (Phi) is 5.01. The van der Waals surface area contributed by atoms with Gasteiger partial charge in [0.15, 0.2) is 0 Å². The number of sulfone groups is 1. The van der Waals surface area contributed by atoms with E-state index in [1.807, 2.05) is 13.0 Å². The maximum absolute atomic E-state index is 13.6. The lowest BCUT2D eigenvalue weighted by atomic mass is 9.81. The molecule has 4 nitrogen and oxygen atoms in total. The van der Waals surface area contributed by atoms with Crippen molar-refractivity contribution in [3.63, 3.8) is 0 Å². The van der Waals surface area contributed by atoms with Crippen molar-refractivity contribution in [3.8, 4) is 0 Å². The van der Waals surface area contributed by atoms with Gasteiger partial charge in [0, 0.05) is 12.3 Å². The third kappa shape index (κ3) is 4.02. The summed E-state index contributed by atoms with van der Waals surface area (Å²) in [5.41, 5.74) is 4.37. The van der Waals surface area contributed by atoms with E-state index in [2.05, 4.69) is 5.43 Å². The Bertz CT molecular complexity index is 583. The molecule has 3 atom stereocenters. The fourth-order valence-corrected chi connectivity index (χ4v) is 4.51. The molecular weight excluding hydrogens is 291 g/mol. The van der Waals surface area contributed by atoms with Gasteiger partial charge in [-0.05, 0) is 55.4 Å². The molecule has 0 aromatic heterocycles. The first kappa shape index (κ1) is 16.4. The molecule has 1 aliphatic carbocycles. The first-order chi connectivity index (χ1) is 9.81. The molecular formula is C15H23FN2O2S. The SMILES string of the molecule is Cc1cc(F)cc(C(NN)C2CCCC(S(C)(=O)=O)C2)c1. The highest BCUT2D eigenvalue weighted by molar-refractivity contribution is 7.91. The lowest BCUT2D eigenvalue weighted by Gasteiger charge is -2.34. The van der Waals surface area contributed by atoms with Gasteiger partial charge in [0.25, 0.3) is 0 Å². The maximum Gasteiger partial charge on any atom is 0.150 e. The summed E-state index contributed by atoms with van der Waals surface area (Å²) in [7, 11) is -3.04. The first-order valence-corrected chi connectivity index (χ1v) is 9.19. The second-order valence-corrected chi connectivity index (χ2v) is 8.41. The number of nitrogens with two attached hydrogens (primary N) is 1. The van der Waals surface area contributed by atoms with E-state index in [0.717, 1.165) is 24.0 Å². The van der Waals surface area contributed by atoms with Crippen LogP contribution in [0.15, 0.2) is 18.2 Å². The lowest BCUT2D eigenvalue weighted by molar-refractivity contribution is 0.274. The zero-order chi connectivity index (χ0) is 15.6. The van der Waals surface area contributed by atoms with Crippen LogP contribution in [0.25, 0.3) is 0 Å². The Labute approximate surface area is 125 Å². The molecule has 0 bridgehead atoms. The van der Waals surface area contributed by atoms with Gasteiger partial charge in [-0.2, -0.15) is 0 Å². The summed E-state index contributed by atoms with van der Waals surface area (Å²) in [5, 5.41) is -0.318. The number of rotatable bonds is 4. The molecule has 1 fully saturated rings. The van der Waals surface area contributed by atoms with Crippen molar-refractivity contribution in [2.75, 3.05) is 6.26 Å². The molecule has 0 amide bonds. The fraction of sp³-hybridized carbons (Fsp3) is 0.600. The van der Waals surface area contributed by atoms with Crippen LogP contribution in [0, 0.1) is 18.7 Å². The Morgan fingerprint density at radius 1 is 1.33 bits per heavy atom. The van der Waals surface area contributed by atoms with Gasteiger partial charge >= 0.3 is 0 Å². The van der Waals surface area contributed by atoms with Gasteiger partial charge in [-0.3, -0.25) is 11.3 Å². The molecule has 118 valence electrons. The van der Waals surface area contributed by atoms with Crippen molar-refractivity contribution in [1.29, 1.82) is 0 Å². The predicted octanol–water partition coefficient (Wildman–Crippen LogP) is 2.24. The number of hydrogen-bond acceptors (Lipinski definition) is 4. The third-order valence-electron chi connectivity index (χ3n) is 4.35. The Balaban J connectivity index is 2.24. The molecule has 3 unspecified atom stereocenters. The molecule has 1 aliphatic rings. The highest BCUT2D eigenvalue weighted by atomic mass is 32.2. The zero-order valence-corrected chi connectivity index (χ0v) is 13.3. The summed E-state index contributed by atoms with van der Waals surface area (Å²) in [4.78, 5) is 0. The number of hydrogen-bond donors (Lipinski definition) is 2. The van der Waals surface area contributed by atoms with Gasteiger partial charge in [-0.25, -0.2) is 12.8 Å². The molecule has 3 N–H and O–H groups in total. The zero-order valence-electron chi connectivity index (χ0n) is 12.5. The third-order valence-corrected chi connectivity index (χ3v) is 5.99. The van der Waals surface area contributed by atoms with Gasteiger partial charge in [-0.1, -0.05) is 12.5 Å². The molecule has 1 aromatic carbocycles. The molecule has 1 aromatic rings. The van der Waals surface area contributed by atoms with Gasteiger partial charge in [-0.15, -0.1) is 0 Å². The van der Waals surface area contributed by atoms with Crippen molar-refractivity contribution in [1.82, 2.24) is 5.43 Å². The average molecular weight is 314 g/mol. The van der Waals surface area contributed by atoms with Crippen LogP contribution in [0.3, 0.4) is 0 Å². The fourth-order valence-electron chi connectivity index (χ4n) is 3.32. The van der Waals surface area contributed by atoms with Crippen molar-refractivity contribution in [2.24, 2.45) is 11.8 Å². The summed E-state index contributed by atoms with van der Waals surface area (Å²) in [6.07, 6.45) is 4.32. The second kappa shape index (κ2) is 6.42. The molecule has 0 spiro atoms. The summed E-state index contributed by atoms with van der Waals surface area (Å²) < 4.78 is 37.1. The number of nitrogens with one attached hydrogen (secondary N) is 1. The highest BCUT2D eigenvalue weighted by Gasteiger charge is 2.33. The molecule has 0 radical (unpaired) electrons. The second-order valence-electron chi connectivity index (χ2n) is 6.08. The van der Waals surface area contributed by atoms with E-state index in [1.54, 1.807) is 0 Å². The van der Waals surface area contributed by atoms with Crippen LogP contribution in [0.2, 0.25) is 0 Å². The quantitative estimate of drug-likeness (QED) is 0.660. The van der Waals surface area contributed by atoms with Crippen LogP contribution < -0.4 is 11.3 Å². The van der Waals surface area contributed by atoms with E-state index in [0.29, 0.717) is 12.8 Å². The van der Waals surface area contributed by atoms with E-state index >= 15 is 0 Å². The standard InChI is InChI=1S/C15H23FN2O2S/c1-10-6-12(8-13(16)7-10)15(18-17)11-4-3-5-14(9-11)21(2,19)20/h6-8,11,14-15,18H,3-5,9,17H2,1-2H3. The molecule has 0 saturated heterocycles. The smallest absolute Gasteiger partial charge is 0.150 e. The molecule has 0 heterocycles. The van der Waals surface area contributed by atoms with Crippen LogP contribution in [0.4, 0.5) is 4.39 Å². The van der Waals surface area contributed by atoms with Crippen LogP contribution in [0.5, 0.6) is 0 Å². The predicted molar refractivity (Wildman–Crippen MR) is 81.8 cm³/mol. The summed E-state index contributed by atoms with van der Waals surface area (Å²) in [6.45, 7) is 1.83. The molecule has 2 rings (SSSR count). The van der Waals surface area contributed by atoms with Crippen LogP contribution in [-0.2, 0) is 9.84 Å². The Hall–Kier alpha value is -0.980. The summed E-state index contributed by atoms with van der Waals surface area (Å²) in [5.74, 6) is 5.48. The van der Waals surface area contributed by atoms with Gasteiger partial charge in [0.05, 0.1) is 5.25 Å². The van der Waals surface area contributed by atoms with Crippen LogP contribution >= 0.6 is 0 Å². The first-order valence-electron chi connectivity index (χ1n) is 7.23. The van der Waals surface area contributed by atoms with Crippen molar-refractivity contribution < 1.29 is 12.8 Å². The van der Waals surface area contributed by atoms with Gasteiger partial charge in [0.2, 0.25) is 0 Å². The van der Waals surface area contributed by atoms with Crippen molar-refractivity contribution in [2.45, 2.75) is 43.9 Å².